The van der Waals surface area contributed by atoms with E-state index in [0.717, 1.165) is 50.1 Å². The van der Waals surface area contributed by atoms with E-state index in [9.17, 15) is 0 Å². The number of pyridine rings is 1. The third kappa shape index (κ3) is 6.15. The molecule has 2 aromatic heterocycles. The van der Waals surface area contributed by atoms with Gasteiger partial charge < -0.3 is 0 Å². The van der Waals surface area contributed by atoms with Crippen molar-refractivity contribution in [1.82, 2.24) is 19.9 Å². The van der Waals surface area contributed by atoms with Crippen LogP contribution >= 0.6 is 0 Å². The zero-order valence-electron chi connectivity index (χ0n) is 26.1. The molecular weight excluding hydrogens is 585 g/mol. The molecule has 0 aliphatic heterocycles. The summed E-state index contributed by atoms with van der Waals surface area (Å²) in [5.74, 6) is 1.91. The maximum Gasteiger partial charge on any atom is 0.164 e. The smallest absolute Gasteiger partial charge is 0.164 e. The fraction of sp³-hybridized carbons (Fsp3) is 0. The number of benzene rings is 6. The minimum atomic E-state index is 0.633. The van der Waals surface area contributed by atoms with E-state index in [2.05, 4.69) is 151 Å². The number of nitrogens with zero attached hydrogens (tertiary/aromatic N) is 4. The van der Waals surface area contributed by atoms with Crippen LogP contribution in [0.3, 0.4) is 0 Å². The van der Waals surface area contributed by atoms with Gasteiger partial charge in [-0.15, -0.1) is 0 Å². The summed E-state index contributed by atoms with van der Waals surface area (Å²) in [5.41, 5.74) is 12.0. The second-order valence-corrected chi connectivity index (χ2v) is 11.6. The highest BCUT2D eigenvalue weighted by Crippen LogP contribution is 2.30. The quantitative estimate of drug-likeness (QED) is 0.179. The summed E-state index contributed by atoms with van der Waals surface area (Å²) in [6.45, 7) is 0. The Labute approximate surface area is 280 Å². The fourth-order valence-corrected chi connectivity index (χ4v) is 5.86. The van der Waals surface area contributed by atoms with Crippen molar-refractivity contribution >= 4 is 0 Å². The van der Waals surface area contributed by atoms with Gasteiger partial charge in [0.2, 0.25) is 0 Å². The van der Waals surface area contributed by atoms with Crippen LogP contribution in [-0.4, -0.2) is 19.9 Å². The van der Waals surface area contributed by atoms with Crippen molar-refractivity contribution in [1.29, 1.82) is 0 Å². The minimum Gasteiger partial charge on any atom is -0.265 e. The summed E-state index contributed by atoms with van der Waals surface area (Å²) < 4.78 is 0. The van der Waals surface area contributed by atoms with Gasteiger partial charge in [-0.1, -0.05) is 158 Å². The molecule has 0 aliphatic rings. The molecule has 48 heavy (non-hydrogen) atoms. The number of aromatic nitrogens is 4. The predicted octanol–water partition coefficient (Wildman–Crippen LogP) is 10.9. The van der Waals surface area contributed by atoms with E-state index in [1.165, 1.54) is 11.1 Å². The van der Waals surface area contributed by atoms with Gasteiger partial charge in [-0.25, -0.2) is 15.0 Å². The van der Waals surface area contributed by atoms with E-state index in [4.69, 9.17) is 15.0 Å². The first-order valence-electron chi connectivity index (χ1n) is 16.0. The third-order valence-electron chi connectivity index (χ3n) is 8.51. The lowest BCUT2D eigenvalue weighted by Crippen LogP contribution is -2.00. The zero-order chi connectivity index (χ0) is 32.1. The van der Waals surface area contributed by atoms with Crippen molar-refractivity contribution in [2.75, 3.05) is 0 Å². The van der Waals surface area contributed by atoms with Gasteiger partial charge in [-0.3, -0.25) is 4.98 Å². The van der Waals surface area contributed by atoms with E-state index in [1.807, 2.05) is 36.7 Å². The Hall–Kier alpha value is -6.52. The lowest BCUT2D eigenvalue weighted by Gasteiger charge is -2.10. The van der Waals surface area contributed by atoms with E-state index in [-0.39, 0.29) is 0 Å². The normalized spacial score (nSPS) is 10.9. The Balaban J connectivity index is 1.14. The Bertz CT molecular complexity index is 2170. The lowest BCUT2D eigenvalue weighted by atomic mass is 10.00. The lowest BCUT2D eigenvalue weighted by molar-refractivity contribution is 1.07. The predicted molar refractivity (Wildman–Crippen MR) is 196 cm³/mol. The molecule has 0 bridgehead atoms. The fourth-order valence-electron chi connectivity index (χ4n) is 5.86. The maximum atomic E-state index is 4.99. The first-order chi connectivity index (χ1) is 23.8. The topological polar surface area (TPSA) is 51.6 Å². The van der Waals surface area contributed by atoms with Crippen LogP contribution in [0.1, 0.15) is 0 Å². The van der Waals surface area contributed by atoms with Crippen LogP contribution in [0.5, 0.6) is 0 Å². The van der Waals surface area contributed by atoms with Gasteiger partial charge in [-0.2, -0.15) is 0 Å². The second kappa shape index (κ2) is 13.1. The van der Waals surface area contributed by atoms with E-state index < -0.39 is 0 Å². The molecule has 226 valence electrons. The Morgan fingerprint density at radius 3 is 0.729 bits per heavy atom. The van der Waals surface area contributed by atoms with E-state index >= 15 is 0 Å². The van der Waals surface area contributed by atoms with Gasteiger partial charge in [0, 0.05) is 29.1 Å². The van der Waals surface area contributed by atoms with Gasteiger partial charge >= 0.3 is 0 Å². The average molecular weight is 615 g/mol. The standard InChI is InChI=1S/C44H30N4/c1-3-7-31(8-4-1)33-15-21-39(22-16-33)42-46-43(40-23-17-34(18-24-40)32-9-5-2-6-10-32)48-44(47-42)41-25-19-36(20-26-41)35-11-13-37(14-12-35)38-27-29-45-30-28-38/h1-30H. The Morgan fingerprint density at radius 2 is 0.438 bits per heavy atom. The first kappa shape index (κ1) is 28.9. The van der Waals surface area contributed by atoms with Crippen molar-refractivity contribution < 1.29 is 0 Å². The van der Waals surface area contributed by atoms with E-state index in [0.29, 0.717) is 17.5 Å². The van der Waals surface area contributed by atoms with E-state index in [1.54, 1.807) is 0 Å². The van der Waals surface area contributed by atoms with Crippen LogP contribution < -0.4 is 0 Å². The Kier molecular flexibility index (Phi) is 7.87. The largest absolute Gasteiger partial charge is 0.265 e. The molecule has 6 aromatic carbocycles. The number of hydrogen-bond donors (Lipinski definition) is 0. The molecule has 0 atom stereocenters. The molecule has 0 spiro atoms. The van der Waals surface area contributed by atoms with Crippen LogP contribution in [0.2, 0.25) is 0 Å². The van der Waals surface area contributed by atoms with Crippen molar-refractivity contribution in [3.8, 4) is 78.7 Å². The van der Waals surface area contributed by atoms with Crippen molar-refractivity contribution in [3.05, 3.63) is 182 Å². The molecule has 0 saturated heterocycles. The number of hydrogen-bond acceptors (Lipinski definition) is 4. The molecule has 0 fully saturated rings. The summed E-state index contributed by atoms with van der Waals surface area (Å²) in [4.78, 5) is 19.1. The SMILES string of the molecule is c1ccc(-c2ccc(-c3nc(-c4ccc(-c5ccccc5)cc4)nc(-c4ccc(-c5ccc(-c6ccncc6)cc5)cc4)n3)cc2)cc1. The molecule has 8 rings (SSSR count). The summed E-state index contributed by atoms with van der Waals surface area (Å²) in [5, 5.41) is 0. The highest BCUT2D eigenvalue weighted by atomic mass is 15.0. The summed E-state index contributed by atoms with van der Waals surface area (Å²) >= 11 is 0. The number of rotatable bonds is 7. The van der Waals surface area contributed by atoms with Gasteiger partial charge in [0.1, 0.15) is 0 Å². The molecular formula is C44H30N4. The highest BCUT2D eigenvalue weighted by molar-refractivity contribution is 5.75. The van der Waals surface area contributed by atoms with Crippen molar-refractivity contribution in [2.24, 2.45) is 0 Å². The Morgan fingerprint density at radius 1 is 0.208 bits per heavy atom. The molecule has 0 N–H and O–H groups in total. The molecule has 4 heteroatoms. The van der Waals surface area contributed by atoms with Crippen LogP contribution in [0.4, 0.5) is 0 Å². The molecule has 8 aromatic rings. The maximum absolute atomic E-state index is 4.99. The molecule has 2 heterocycles. The first-order valence-corrected chi connectivity index (χ1v) is 16.0. The van der Waals surface area contributed by atoms with Gasteiger partial charge in [-0.05, 0) is 56.6 Å². The van der Waals surface area contributed by atoms with Crippen LogP contribution in [0.15, 0.2) is 182 Å². The molecule has 0 amide bonds. The molecule has 0 saturated carbocycles. The highest BCUT2D eigenvalue weighted by Gasteiger charge is 2.13. The van der Waals surface area contributed by atoms with Gasteiger partial charge in [0.25, 0.3) is 0 Å². The van der Waals surface area contributed by atoms with Gasteiger partial charge in [0.05, 0.1) is 0 Å². The summed E-state index contributed by atoms with van der Waals surface area (Å²) in [6, 6.07) is 58.7. The minimum absolute atomic E-state index is 0.633. The van der Waals surface area contributed by atoms with Crippen LogP contribution in [0, 0.1) is 0 Å². The molecule has 0 unspecified atom stereocenters. The molecule has 4 nitrogen and oxygen atoms in total. The monoisotopic (exact) mass is 614 g/mol. The molecule has 0 radical (unpaired) electrons. The van der Waals surface area contributed by atoms with Crippen LogP contribution in [0.25, 0.3) is 78.7 Å². The van der Waals surface area contributed by atoms with Gasteiger partial charge in [0.15, 0.2) is 17.5 Å². The summed E-state index contributed by atoms with van der Waals surface area (Å²) in [6.07, 6.45) is 3.64. The average Bonchev–Trinajstić information content (AvgIpc) is 3.19. The zero-order valence-corrected chi connectivity index (χ0v) is 26.1. The summed E-state index contributed by atoms with van der Waals surface area (Å²) in [7, 11) is 0. The second-order valence-electron chi connectivity index (χ2n) is 11.6. The van der Waals surface area contributed by atoms with Crippen molar-refractivity contribution in [2.45, 2.75) is 0 Å². The third-order valence-corrected chi connectivity index (χ3v) is 8.51. The van der Waals surface area contributed by atoms with Crippen molar-refractivity contribution in [3.63, 3.8) is 0 Å². The van der Waals surface area contributed by atoms with Crippen LogP contribution in [-0.2, 0) is 0 Å². The molecule has 0 aliphatic carbocycles.